The van der Waals surface area contributed by atoms with Gasteiger partial charge in [0.2, 0.25) is 0 Å². The molecule has 1 aromatic carbocycles. The van der Waals surface area contributed by atoms with E-state index in [0.717, 1.165) is 17.0 Å². The highest BCUT2D eigenvalue weighted by Gasteiger charge is 2.34. The van der Waals surface area contributed by atoms with Crippen LogP contribution in [0.1, 0.15) is 23.0 Å². The van der Waals surface area contributed by atoms with Gasteiger partial charge in [-0.2, -0.15) is 0 Å². The summed E-state index contributed by atoms with van der Waals surface area (Å²) in [5.74, 6) is -0.157. The molecule has 0 spiro atoms. The zero-order chi connectivity index (χ0) is 14.1. The molecule has 3 rings (SSSR count). The van der Waals surface area contributed by atoms with E-state index in [1.807, 2.05) is 24.3 Å². The van der Waals surface area contributed by atoms with E-state index in [9.17, 15) is 9.90 Å². The van der Waals surface area contributed by atoms with Crippen LogP contribution in [0.5, 0.6) is 5.75 Å². The minimum atomic E-state index is -0.870. The first-order valence-electron chi connectivity index (χ1n) is 6.34. The van der Waals surface area contributed by atoms with Crippen molar-refractivity contribution in [3.63, 3.8) is 0 Å². The Kier molecular flexibility index (Phi) is 3.15. The highest BCUT2D eigenvalue weighted by atomic mass is 16.5. The van der Waals surface area contributed by atoms with E-state index in [2.05, 4.69) is 15.3 Å². The highest BCUT2D eigenvalue weighted by Crippen LogP contribution is 2.33. The molecule has 1 aromatic heterocycles. The third kappa shape index (κ3) is 2.04. The van der Waals surface area contributed by atoms with E-state index < -0.39 is 12.0 Å². The van der Waals surface area contributed by atoms with Crippen LogP contribution in [0.3, 0.4) is 0 Å². The fourth-order valence-electron chi connectivity index (χ4n) is 2.59. The van der Waals surface area contributed by atoms with Gasteiger partial charge in [0, 0.05) is 17.7 Å². The van der Waals surface area contributed by atoms with Crippen molar-refractivity contribution in [2.75, 3.05) is 7.11 Å². The number of aromatic amines is 1. The number of H-pyrrole nitrogens is 1. The van der Waals surface area contributed by atoms with Gasteiger partial charge in [-0.05, 0) is 6.07 Å². The first kappa shape index (κ1) is 12.7. The molecular formula is C14H15N3O3. The molecule has 1 aliphatic heterocycles. The van der Waals surface area contributed by atoms with Crippen LogP contribution in [0, 0.1) is 0 Å². The number of methoxy groups -OCH3 is 1. The van der Waals surface area contributed by atoms with E-state index in [-0.39, 0.29) is 6.04 Å². The molecule has 20 heavy (non-hydrogen) atoms. The standard InChI is InChI=1S/C14H15N3O3/c1-20-11-5-3-2-4-8(11)12-13-9(15-7-16-13)6-10(17-12)14(18)19/h2-5,7,10,12,17H,6H2,1H3,(H,15,16)(H,18,19)/t10-,12-/m1/s1. The van der Waals surface area contributed by atoms with Gasteiger partial charge in [0.1, 0.15) is 11.8 Å². The quantitative estimate of drug-likeness (QED) is 0.779. The summed E-state index contributed by atoms with van der Waals surface area (Å²) in [5.41, 5.74) is 2.56. The Labute approximate surface area is 115 Å². The molecule has 0 unspecified atom stereocenters. The number of hydrogen-bond donors (Lipinski definition) is 3. The number of nitrogens with zero attached hydrogens (tertiary/aromatic N) is 1. The molecule has 6 nitrogen and oxygen atoms in total. The van der Waals surface area contributed by atoms with E-state index in [4.69, 9.17) is 4.74 Å². The number of nitrogens with one attached hydrogen (secondary N) is 2. The van der Waals surface area contributed by atoms with Crippen molar-refractivity contribution >= 4 is 5.97 Å². The normalized spacial score (nSPS) is 21.2. The fourth-order valence-corrected chi connectivity index (χ4v) is 2.59. The Bertz CT molecular complexity index is 638. The molecule has 2 heterocycles. The summed E-state index contributed by atoms with van der Waals surface area (Å²) >= 11 is 0. The summed E-state index contributed by atoms with van der Waals surface area (Å²) < 4.78 is 5.36. The van der Waals surface area contributed by atoms with Gasteiger partial charge >= 0.3 is 5.97 Å². The molecule has 0 aliphatic carbocycles. The van der Waals surface area contributed by atoms with Gasteiger partial charge in [0.25, 0.3) is 0 Å². The van der Waals surface area contributed by atoms with Crippen molar-refractivity contribution in [2.45, 2.75) is 18.5 Å². The van der Waals surface area contributed by atoms with Crippen LogP contribution in [-0.2, 0) is 11.2 Å². The summed E-state index contributed by atoms with van der Waals surface area (Å²) in [7, 11) is 1.60. The molecule has 0 radical (unpaired) electrons. The van der Waals surface area contributed by atoms with Crippen molar-refractivity contribution in [1.29, 1.82) is 0 Å². The van der Waals surface area contributed by atoms with Gasteiger partial charge in [0.15, 0.2) is 0 Å². The Morgan fingerprint density at radius 3 is 3.00 bits per heavy atom. The number of rotatable bonds is 3. The number of hydrogen-bond acceptors (Lipinski definition) is 4. The third-order valence-electron chi connectivity index (χ3n) is 3.55. The Hall–Kier alpha value is -2.34. The number of aliphatic carboxylic acids is 1. The van der Waals surface area contributed by atoms with Crippen LogP contribution in [-0.4, -0.2) is 34.2 Å². The van der Waals surface area contributed by atoms with Crippen LogP contribution < -0.4 is 10.1 Å². The maximum absolute atomic E-state index is 11.3. The van der Waals surface area contributed by atoms with Crippen LogP contribution in [0.25, 0.3) is 0 Å². The molecule has 0 saturated heterocycles. The molecule has 0 fully saturated rings. The molecule has 2 atom stereocenters. The number of para-hydroxylation sites is 1. The molecule has 1 aliphatic rings. The second kappa shape index (κ2) is 4.97. The van der Waals surface area contributed by atoms with Crippen LogP contribution in [0.4, 0.5) is 0 Å². The summed E-state index contributed by atoms with van der Waals surface area (Å²) in [6.07, 6.45) is 2.00. The summed E-state index contributed by atoms with van der Waals surface area (Å²) in [6, 6.07) is 6.62. The largest absolute Gasteiger partial charge is 0.496 e. The minimum absolute atomic E-state index is 0.290. The molecule has 6 heteroatoms. The van der Waals surface area contributed by atoms with Gasteiger partial charge < -0.3 is 14.8 Å². The lowest BCUT2D eigenvalue weighted by atomic mass is 9.93. The smallest absolute Gasteiger partial charge is 0.321 e. The second-order valence-corrected chi connectivity index (χ2v) is 4.70. The number of benzene rings is 1. The SMILES string of the molecule is COc1ccccc1[C@H]1N[C@@H](C(=O)O)Cc2[nH]cnc21. The number of imidazole rings is 1. The lowest BCUT2D eigenvalue weighted by molar-refractivity contribution is -0.139. The Balaban J connectivity index is 2.06. The minimum Gasteiger partial charge on any atom is -0.496 e. The number of carboxylic acids is 1. The zero-order valence-electron chi connectivity index (χ0n) is 11.0. The van der Waals surface area contributed by atoms with Crippen molar-refractivity contribution in [1.82, 2.24) is 15.3 Å². The molecule has 3 N–H and O–H groups in total. The van der Waals surface area contributed by atoms with Crippen molar-refractivity contribution in [2.24, 2.45) is 0 Å². The monoisotopic (exact) mass is 273 g/mol. The number of carbonyl (C=O) groups is 1. The van der Waals surface area contributed by atoms with Gasteiger partial charge in [-0.25, -0.2) is 4.98 Å². The Morgan fingerprint density at radius 2 is 2.25 bits per heavy atom. The summed E-state index contributed by atoms with van der Waals surface area (Å²) in [6.45, 7) is 0. The van der Waals surface area contributed by atoms with Gasteiger partial charge in [0.05, 0.1) is 25.2 Å². The molecule has 0 saturated carbocycles. The number of fused-ring (bicyclic) bond motifs is 1. The van der Waals surface area contributed by atoms with Gasteiger partial charge in [-0.15, -0.1) is 0 Å². The predicted molar refractivity (Wildman–Crippen MR) is 71.7 cm³/mol. The average Bonchev–Trinajstić information content (AvgIpc) is 2.94. The summed E-state index contributed by atoms with van der Waals surface area (Å²) in [5, 5.41) is 12.4. The number of aromatic nitrogens is 2. The van der Waals surface area contributed by atoms with E-state index in [1.54, 1.807) is 13.4 Å². The fraction of sp³-hybridized carbons (Fsp3) is 0.286. The lowest BCUT2D eigenvalue weighted by Gasteiger charge is -2.29. The molecule has 2 aromatic rings. The van der Waals surface area contributed by atoms with E-state index in [0.29, 0.717) is 12.2 Å². The molecule has 104 valence electrons. The van der Waals surface area contributed by atoms with Crippen molar-refractivity contribution in [3.8, 4) is 5.75 Å². The van der Waals surface area contributed by atoms with Gasteiger partial charge in [-0.3, -0.25) is 10.1 Å². The average molecular weight is 273 g/mol. The van der Waals surface area contributed by atoms with Crippen LogP contribution >= 0.6 is 0 Å². The Morgan fingerprint density at radius 1 is 1.45 bits per heavy atom. The maximum atomic E-state index is 11.3. The van der Waals surface area contributed by atoms with Crippen molar-refractivity contribution < 1.29 is 14.6 Å². The highest BCUT2D eigenvalue weighted by molar-refractivity contribution is 5.74. The van der Waals surface area contributed by atoms with E-state index >= 15 is 0 Å². The van der Waals surface area contributed by atoms with Crippen LogP contribution in [0.2, 0.25) is 0 Å². The van der Waals surface area contributed by atoms with E-state index in [1.165, 1.54) is 0 Å². The molecule has 0 amide bonds. The zero-order valence-corrected chi connectivity index (χ0v) is 11.0. The maximum Gasteiger partial charge on any atom is 0.321 e. The lowest BCUT2D eigenvalue weighted by Crippen LogP contribution is -2.45. The van der Waals surface area contributed by atoms with Crippen molar-refractivity contribution in [3.05, 3.63) is 47.5 Å². The van der Waals surface area contributed by atoms with Gasteiger partial charge in [-0.1, -0.05) is 18.2 Å². The predicted octanol–water partition coefficient (Wildman–Crippen LogP) is 1.11. The molecule has 0 bridgehead atoms. The number of ether oxygens (including phenoxy) is 1. The second-order valence-electron chi connectivity index (χ2n) is 4.70. The topological polar surface area (TPSA) is 87.2 Å². The van der Waals surface area contributed by atoms with Crippen LogP contribution in [0.15, 0.2) is 30.6 Å². The first-order chi connectivity index (χ1) is 9.70. The first-order valence-corrected chi connectivity index (χ1v) is 6.34. The third-order valence-corrected chi connectivity index (χ3v) is 3.55. The number of carboxylic acid groups (broad SMARTS) is 1. The summed E-state index contributed by atoms with van der Waals surface area (Å²) in [4.78, 5) is 18.6. The molecular weight excluding hydrogens is 258 g/mol.